The SMILES string of the molecule is Nc1cc(C(F)(F)F)ccc1-c1cnccc1C(F)(F)F. The lowest BCUT2D eigenvalue weighted by molar-refractivity contribution is -0.138. The highest BCUT2D eigenvalue weighted by Crippen LogP contribution is 2.40. The molecule has 0 saturated carbocycles. The van der Waals surface area contributed by atoms with E-state index in [4.69, 9.17) is 5.73 Å². The molecule has 0 aliphatic carbocycles. The highest BCUT2D eigenvalue weighted by molar-refractivity contribution is 5.78. The van der Waals surface area contributed by atoms with E-state index < -0.39 is 29.2 Å². The molecule has 0 aliphatic rings. The maximum Gasteiger partial charge on any atom is 0.417 e. The van der Waals surface area contributed by atoms with Gasteiger partial charge in [-0.2, -0.15) is 26.3 Å². The number of benzene rings is 1. The van der Waals surface area contributed by atoms with E-state index in [1.807, 2.05) is 0 Å². The summed E-state index contributed by atoms with van der Waals surface area (Å²) in [6.45, 7) is 0. The zero-order valence-electron chi connectivity index (χ0n) is 10.3. The maximum absolute atomic E-state index is 12.9. The Morgan fingerprint density at radius 1 is 0.857 bits per heavy atom. The first-order valence-electron chi connectivity index (χ1n) is 5.59. The lowest BCUT2D eigenvalue weighted by atomic mass is 9.98. The Morgan fingerprint density at radius 2 is 1.52 bits per heavy atom. The van der Waals surface area contributed by atoms with Crippen molar-refractivity contribution in [2.45, 2.75) is 12.4 Å². The number of halogens is 6. The Bertz CT molecular complexity index is 660. The summed E-state index contributed by atoms with van der Waals surface area (Å²) in [6, 6.07) is 2.93. The van der Waals surface area contributed by atoms with Crippen LogP contribution in [-0.4, -0.2) is 4.98 Å². The highest BCUT2D eigenvalue weighted by atomic mass is 19.4. The first-order chi connectivity index (χ1) is 9.60. The number of hydrogen-bond donors (Lipinski definition) is 1. The molecule has 112 valence electrons. The van der Waals surface area contributed by atoms with Crippen molar-refractivity contribution in [3.63, 3.8) is 0 Å². The molecule has 0 aliphatic heterocycles. The van der Waals surface area contributed by atoms with E-state index in [1.54, 1.807) is 0 Å². The normalized spacial score (nSPS) is 12.5. The van der Waals surface area contributed by atoms with E-state index in [0.717, 1.165) is 24.5 Å². The van der Waals surface area contributed by atoms with Crippen molar-refractivity contribution >= 4 is 5.69 Å². The number of hydrogen-bond acceptors (Lipinski definition) is 2. The van der Waals surface area contributed by atoms with Crippen LogP contribution in [-0.2, 0) is 12.4 Å². The third-order valence-electron chi connectivity index (χ3n) is 2.80. The monoisotopic (exact) mass is 306 g/mol. The summed E-state index contributed by atoms with van der Waals surface area (Å²) in [7, 11) is 0. The van der Waals surface area contributed by atoms with Gasteiger partial charge in [-0.15, -0.1) is 0 Å². The van der Waals surface area contributed by atoms with Crippen LogP contribution < -0.4 is 5.73 Å². The summed E-state index contributed by atoms with van der Waals surface area (Å²) in [5, 5.41) is 0. The maximum atomic E-state index is 12.9. The Labute approximate surface area is 115 Å². The molecular formula is C13H8F6N2. The topological polar surface area (TPSA) is 38.9 Å². The van der Waals surface area contributed by atoms with Gasteiger partial charge in [0.25, 0.3) is 0 Å². The fourth-order valence-corrected chi connectivity index (χ4v) is 1.84. The van der Waals surface area contributed by atoms with Crippen LogP contribution in [0.4, 0.5) is 32.0 Å². The standard InChI is InChI=1S/C13H8F6N2/c14-12(15,16)7-1-2-8(11(20)5-7)9-6-21-4-3-10(9)13(17,18)19/h1-6H,20H2. The van der Waals surface area contributed by atoms with E-state index in [9.17, 15) is 26.3 Å². The van der Waals surface area contributed by atoms with E-state index in [0.29, 0.717) is 12.1 Å². The summed E-state index contributed by atoms with van der Waals surface area (Å²) in [5.74, 6) is 0. The third-order valence-corrected chi connectivity index (χ3v) is 2.80. The Kier molecular flexibility index (Phi) is 3.56. The fourth-order valence-electron chi connectivity index (χ4n) is 1.84. The van der Waals surface area contributed by atoms with Crippen molar-refractivity contribution in [1.29, 1.82) is 0 Å². The summed E-state index contributed by atoms with van der Waals surface area (Å²) in [5.41, 5.74) is 2.52. The molecule has 0 radical (unpaired) electrons. The third kappa shape index (κ3) is 3.09. The predicted octanol–water partition coefficient (Wildman–Crippen LogP) is 4.37. The number of nitrogens with zero attached hydrogens (tertiary/aromatic N) is 1. The summed E-state index contributed by atoms with van der Waals surface area (Å²) in [6.07, 6.45) is -7.41. The number of alkyl halides is 6. The molecule has 2 nitrogen and oxygen atoms in total. The van der Waals surface area contributed by atoms with Gasteiger partial charge in [-0.1, -0.05) is 6.07 Å². The molecule has 2 aromatic rings. The molecule has 0 unspecified atom stereocenters. The van der Waals surface area contributed by atoms with E-state index in [1.165, 1.54) is 0 Å². The molecule has 0 saturated heterocycles. The smallest absolute Gasteiger partial charge is 0.398 e. The van der Waals surface area contributed by atoms with Crippen LogP contribution in [0.5, 0.6) is 0 Å². The van der Waals surface area contributed by atoms with Gasteiger partial charge in [0.15, 0.2) is 0 Å². The summed E-state index contributed by atoms with van der Waals surface area (Å²) < 4.78 is 76.2. The van der Waals surface area contributed by atoms with Gasteiger partial charge in [-0.25, -0.2) is 0 Å². The Morgan fingerprint density at radius 3 is 2.05 bits per heavy atom. The molecular weight excluding hydrogens is 298 g/mol. The van der Waals surface area contributed by atoms with Gasteiger partial charge in [0, 0.05) is 29.2 Å². The highest BCUT2D eigenvalue weighted by Gasteiger charge is 2.35. The number of nitrogens with two attached hydrogens (primary N) is 1. The molecule has 1 aromatic heterocycles. The number of anilines is 1. The Hall–Kier alpha value is -2.25. The van der Waals surface area contributed by atoms with Crippen molar-refractivity contribution < 1.29 is 26.3 Å². The van der Waals surface area contributed by atoms with Crippen molar-refractivity contribution in [3.8, 4) is 11.1 Å². The quantitative estimate of drug-likeness (QED) is 0.627. The molecule has 1 aromatic carbocycles. The number of aromatic nitrogens is 1. The second-order valence-electron chi connectivity index (χ2n) is 4.22. The summed E-state index contributed by atoms with van der Waals surface area (Å²) in [4.78, 5) is 3.57. The largest absolute Gasteiger partial charge is 0.417 e. The molecule has 0 atom stereocenters. The second kappa shape index (κ2) is 4.94. The summed E-state index contributed by atoms with van der Waals surface area (Å²) >= 11 is 0. The van der Waals surface area contributed by atoms with Crippen molar-refractivity contribution in [2.24, 2.45) is 0 Å². The number of nitrogen functional groups attached to an aromatic ring is 1. The average Bonchev–Trinajstić information content (AvgIpc) is 2.36. The van der Waals surface area contributed by atoms with Gasteiger partial charge in [-0.05, 0) is 18.2 Å². The molecule has 0 fully saturated rings. The zero-order valence-corrected chi connectivity index (χ0v) is 10.3. The molecule has 2 rings (SSSR count). The van der Waals surface area contributed by atoms with Crippen LogP contribution in [0.1, 0.15) is 11.1 Å². The number of rotatable bonds is 1. The van der Waals surface area contributed by atoms with Gasteiger partial charge in [-0.3, -0.25) is 4.98 Å². The molecule has 0 spiro atoms. The van der Waals surface area contributed by atoms with E-state index in [2.05, 4.69) is 4.98 Å². The minimum atomic E-state index is -4.66. The second-order valence-corrected chi connectivity index (χ2v) is 4.22. The van der Waals surface area contributed by atoms with Crippen LogP contribution >= 0.6 is 0 Å². The van der Waals surface area contributed by atoms with Crippen molar-refractivity contribution in [3.05, 3.63) is 47.8 Å². The number of pyridine rings is 1. The van der Waals surface area contributed by atoms with Crippen molar-refractivity contribution in [2.75, 3.05) is 5.73 Å². The van der Waals surface area contributed by atoms with Gasteiger partial charge >= 0.3 is 12.4 Å². The molecule has 0 bridgehead atoms. The van der Waals surface area contributed by atoms with Crippen LogP contribution in [0.25, 0.3) is 11.1 Å². The Balaban J connectivity index is 2.59. The molecule has 2 N–H and O–H groups in total. The van der Waals surface area contributed by atoms with Gasteiger partial charge in [0.1, 0.15) is 0 Å². The zero-order chi connectivity index (χ0) is 15.8. The van der Waals surface area contributed by atoms with Crippen molar-refractivity contribution in [1.82, 2.24) is 4.98 Å². The van der Waals surface area contributed by atoms with E-state index >= 15 is 0 Å². The first-order valence-corrected chi connectivity index (χ1v) is 5.59. The minimum absolute atomic E-state index is 0.150. The van der Waals surface area contributed by atoms with Crippen LogP contribution in [0, 0.1) is 0 Å². The molecule has 0 amide bonds. The molecule has 1 heterocycles. The first kappa shape index (κ1) is 15.1. The molecule has 21 heavy (non-hydrogen) atoms. The van der Waals surface area contributed by atoms with Gasteiger partial charge < -0.3 is 5.73 Å². The van der Waals surface area contributed by atoms with E-state index in [-0.39, 0.29) is 11.1 Å². The predicted molar refractivity (Wildman–Crippen MR) is 64.1 cm³/mol. The van der Waals surface area contributed by atoms with Crippen LogP contribution in [0.2, 0.25) is 0 Å². The van der Waals surface area contributed by atoms with Crippen LogP contribution in [0.3, 0.4) is 0 Å². The van der Waals surface area contributed by atoms with Gasteiger partial charge in [0.2, 0.25) is 0 Å². The lowest BCUT2D eigenvalue weighted by Crippen LogP contribution is -2.09. The van der Waals surface area contributed by atoms with Crippen LogP contribution in [0.15, 0.2) is 36.7 Å². The fraction of sp³-hybridized carbons (Fsp3) is 0.154. The lowest BCUT2D eigenvalue weighted by Gasteiger charge is -2.15. The molecule has 8 heteroatoms. The van der Waals surface area contributed by atoms with Gasteiger partial charge in [0.05, 0.1) is 11.1 Å². The minimum Gasteiger partial charge on any atom is -0.398 e. The average molecular weight is 306 g/mol.